The molecule has 3 fully saturated rings. The van der Waals surface area contributed by atoms with Gasteiger partial charge in [-0.2, -0.15) is 36.5 Å². The van der Waals surface area contributed by atoms with Gasteiger partial charge in [0.1, 0.15) is 16.8 Å². The van der Waals surface area contributed by atoms with Crippen molar-refractivity contribution in [3.8, 4) is 17.5 Å². The Morgan fingerprint density at radius 2 is 0.972 bits per heavy atom. The summed E-state index contributed by atoms with van der Waals surface area (Å²) in [6.45, 7) is 4.90. The first-order valence-corrected chi connectivity index (χ1v) is 32.4. The molecule has 3 aliphatic heterocycles. The van der Waals surface area contributed by atoms with Crippen molar-refractivity contribution in [2.75, 3.05) is 62.6 Å². The van der Waals surface area contributed by atoms with Crippen molar-refractivity contribution < 1.29 is 155 Å². The second-order valence-electron chi connectivity index (χ2n) is 19.3. The predicted octanol–water partition coefficient (Wildman–Crippen LogP) is 8.02. The van der Waals surface area contributed by atoms with E-state index in [0.29, 0.717) is 49.1 Å². The van der Waals surface area contributed by atoms with Crippen LogP contribution in [0.3, 0.4) is 0 Å². The highest BCUT2D eigenvalue weighted by atomic mass is 35.5. The minimum atomic E-state index is -4.73. The highest BCUT2D eigenvalue weighted by Gasteiger charge is 2.36. The molecule has 0 aliphatic carbocycles. The minimum Gasteiger partial charge on any atom is -0.469 e. The number of halogens is 7. The Hall–Kier alpha value is -11.6. The quantitative estimate of drug-likeness (QED) is 0.0279. The number of carbonyl (C=O) groups is 14. The number of aryl methyl sites for hydroxylation is 2. The number of methoxy groups -OCH3 is 7. The summed E-state index contributed by atoms with van der Waals surface area (Å²) >= 11 is 22.4. The number of amides is 6. The van der Waals surface area contributed by atoms with E-state index in [1.165, 1.54) is 53.3 Å². The maximum Gasteiger partial charge on any atom is 0.534 e. The van der Waals surface area contributed by atoms with Gasteiger partial charge in [0, 0.05) is 68.9 Å². The number of hydrogen-bond donors (Lipinski definition) is 0. The number of ether oxygens (including phenoxy) is 9. The molecule has 108 heavy (non-hydrogen) atoms. The van der Waals surface area contributed by atoms with Crippen LogP contribution in [0.4, 0.5) is 37.1 Å². The second-order valence-corrected chi connectivity index (χ2v) is 22.5. The number of nitrogens with zero attached hydrogens (tertiary/aromatic N) is 10. The van der Waals surface area contributed by atoms with Crippen LogP contribution in [0.5, 0.6) is 17.5 Å². The van der Waals surface area contributed by atoms with Crippen LogP contribution in [0.2, 0.25) is 20.6 Å². The van der Waals surface area contributed by atoms with Crippen LogP contribution in [0.25, 0.3) is 11.0 Å². The molecule has 0 radical (unpaired) electrons. The van der Waals surface area contributed by atoms with Crippen LogP contribution in [0, 0.1) is 13.8 Å². The molecule has 6 amide bonds. The lowest BCUT2D eigenvalue weighted by Gasteiger charge is -2.11. The van der Waals surface area contributed by atoms with E-state index in [2.05, 4.69) is 77.1 Å². The van der Waals surface area contributed by atoms with Gasteiger partial charge in [-0.1, -0.05) is 62.9 Å². The van der Waals surface area contributed by atoms with E-state index in [-0.39, 0.29) is 79.8 Å². The highest BCUT2D eigenvalue weighted by molar-refractivity contribution is 7.86. The van der Waals surface area contributed by atoms with E-state index in [1.807, 2.05) is 25.1 Å². The zero-order valence-corrected chi connectivity index (χ0v) is 62.1. The number of imide groups is 3. The molecule has 590 valence electrons. The van der Waals surface area contributed by atoms with Crippen molar-refractivity contribution in [1.82, 2.24) is 49.9 Å². The molecule has 3 aliphatic rings. The summed E-state index contributed by atoms with van der Waals surface area (Å²) in [5.74, 6) is -6.32. The van der Waals surface area contributed by atoms with Gasteiger partial charge in [0.2, 0.25) is 10.6 Å². The summed E-state index contributed by atoms with van der Waals surface area (Å²) in [7, 11) is 5.05. The van der Waals surface area contributed by atoms with Gasteiger partial charge >= 0.3 is 60.8 Å². The number of benzene rings is 3. The topological polar surface area (TPSA) is 486 Å². The monoisotopic (exact) mass is 1630 g/mol. The predicted molar refractivity (Wildman–Crippen MR) is 356 cm³/mol. The molecule has 0 N–H and O–H groups in total. The van der Waals surface area contributed by atoms with Gasteiger partial charge in [0.25, 0.3) is 45.6 Å². The maximum absolute atomic E-state index is 11.3. The fraction of sp³-hybridized carbons (Fsp3) is 0.350. The van der Waals surface area contributed by atoms with Crippen LogP contribution in [0.15, 0.2) is 85.2 Å². The summed E-state index contributed by atoms with van der Waals surface area (Å²) in [4.78, 5) is 180. The summed E-state index contributed by atoms with van der Waals surface area (Å²) in [5, 5.41) is 9.64. The van der Waals surface area contributed by atoms with Crippen LogP contribution < -0.4 is 19.0 Å². The molecule has 9 rings (SSSR count). The van der Waals surface area contributed by atoms with Crippen LogP contribution >= 0.6 is 46.4 Å². The number of carbonyl (C=O) groups excluding carboxylic acids is 14. The molecule has 0 spiro atoms. The number of alkyl halides is 3. The molecular formula is C60H65Cl4F3N10O30S. The highest BCUT2D eigenvalue weighted by Crippen LogP contribution is 2.31. The third-order valence-corrected chi connectivity index (χ3v) is 13.7. The number of hydrogen-bond acceptors (Lipinski definition) is 35. The molecule has 6 aromatic rings. The number of para-hydroxylation sites is 1. The molecular weight excluding hydrogens is 1570 g/mol. The zero-order valence-electron chi connectivity index (χ0n) is 58.2. The minimum absolute atomic E-state index is 0.0249. The largest absolute Gasteiger partial charge is 0.534 e. The number of esters is 1. The first-order valence-electron chi connectivity index (χ1n) is 29.3. The molecule has 3 saturated heterocycles. The number of fused-ring (bicyclic) bond motifs is 1. The van der Waals surface area contributed by atoms with Gasteiger partial charge in [-0.3, -0.25) is 52.0 Å². The van der Waals surface area contributed by atoms with Crippen LogP contribution in [-0.4, -0.2) is 211 Å². The molecule has 3 aromatic carbocycles. The fourth-order valence-electron chi connectivity index (χ4n) is 6.49. The van der Waals surface area contributed by atoms with Crippen molar-refractivity contribution in [3.05, 3.63) is 117 Å². The van der Waals surface area contributed by atoms with Crippen molar-refractivity contribution >= 4 is 152 Å². The first-order chi connectivity index (χ1) is 50.7. The normalized spacial score (nSPS) is 12.3. The number of rotatable bonds is 12. The van der Waals surface area contributed by atoms with Gasteiger partial charge in [-0.15, -0.1) is 15.2 Å². The molecule has 48 heteroatoms. The number of hydroxylamine groups is 6. The Labute approximate surface area is 629 Å². The molecule has 0 saturated carbocycles. The third-order valence-electron chi connectivity index (χ3n) is 11.5. The molecule has 0 bridgehead atoms. The maximum atomic E-state index is 11.3. The Kier molecular flexibility index (Phi) is 42.4. The van der Waals surface area contributed by atoms with E-state index in [0.717, 1.165) is 30.0 Å². The van der Waals surface area contributed by atoms with Gasteiger partial charge in [-0.05, 0) is 90.3 Å². The Morgan fingerprint density at radius 3 is 1.41 bits per heavy atom. The van der Waals surface area contributed by atoms with Crippen molar-refractivity contribution in [3.63, 3.8) is 0 Å². The van der Waals surface area contributed by atoms with E-state index < -0.39 is 100 Å². The van der Waals surface area contributed by atoms with E-state index in [4.69, 9.17) is 60.7 Å². The van der Waals surface area contributed by atoms with Crippen molar-refractivity contribution in [2.24, 2.45) is 0 Å². The molecule has 6 heterocycles. The number of aromatic nitrogens is 7. The Morgan fingerprint density at radius 1 is 0.519 bits per heavy atom. The van der Waals surface area contributed by atoms with Crippen LogP contribution in [0.1, 0.15) is 69.4 Å². The molecule has 0 atom stereocenters. The average molecular weight is 1640 g/mol. The summed E-state index contributed by atoms with van der Waals surface area (Å²) in [6, 6.07) is 21.0. The lowest BCUT2D eigenvalue weighted by molar-refractivity contribution is -0.197. The molecule has 0 unspecified atom stereocenters. The summed E-state index contributed by atoms with van der Waals surface area (Å²) < 4.78 is 98.9. The van der Waals surface area contributed by atoms with E-state index in [1.54, 1.807) is 67.8 Å². The van der Waals surface area contributed by atoms with E-state index >= 15 is 0 Å². The lowest BCUT2D eigenvalue weighted by atomic mass is 10.2. The molecule has 3 aromatic heterocycles. The molecule has 40 nitrogen and oxygen atoms in total. The second kappa shape index (κ2) is 48.5. The van der Waals surface area contributed by atoms with Crippen LogP contribution in [-0.2, 0) is 100 Å². The fourth-order valence-corrected chi connectivity index (χ4v) is 7.77. The van der Waals surface area contributed by atoms with E-state index in [9.17, 15) is 88.7 Å². The Bertz CT molecular complexity index is 4130. The summed E-state index contributed by atoms with van der Waals surface area (Å²) in [5.41, 5.74) is 3.19. The lowest BCUT2D eigenvalue weighted by Crippen LogP contribution is -2.32. The van der Waals surface area contributed by atoms with Gasteiger partial charge in [0.05, 0.1) is 74.7 Å². The van der Waals surface area contributed by atoms with Gasteiger partial charge in [0.15, 0.2) is 11.5 Å². The van der Waals surface area contributed by atoms with Gasteiger partial charge in [-0.25, -0.2) is 33.6 Å². The van der Waals surface area contributed by atoms with Crippen molar-refractivity contribution in [1.29, 1.82) is 0 Å². The van der Waals surface area contributed by atoms with Gasteiger partial charge < -0.3 is 52.3 Å². The standard InChI is InChI=1S/C9H8Cl2O3.C9H11NO6.C9H10O3.C8H7N3O3.C6H7NO5.C6H7NO4.C6H7NO2.C4H3Cl2N3O.C3H5F3O3S/c1-5-3-7(11)8(4-6(5)10)14-9(12)13-2;1-15-8(13)4-5-9(14)16-10-6(11)2-3-7(10)12;1-7-3-5-8(6-4-7)12-9(10)11-2;1-13-8(12)14-11-7-5-3-2-4-6(7)9-10-11;1-11-6(10)12-7-4(8)2-3-5(7)9;1-4(8)11-7-5(9)2-3-6(7)10;1-9-6(8)7-4-2-3-5-7;1-10-4-8-2(5)7-3(6)9-4;1-9-10(7,8)2-3(4,5)6/h3-4H,1-2H3;2-5H2,1H3;3-6H,1-2H3;2-5H,1H3;2-3H2,1H3;2-3H2,1H3;2-5H,1H3;1H3;2H2,1H3. The van der Waals surface area contributed by atoms with Crippen molar-refractivity contribution in [2.45, 2.75) is 78.3 Å². The summed E-state index contributed by atoms with van der Waals surface area (Å²) in [6.07, 6.45) is -5.12. The zero-order chi connectivity index (χ0) is 82.0. The Balaban J connectivity index is 0.000000611. The SMILES string of the molecule is CC(=O)ON1C(=O)CCC1=O.COC(=O)CCC(=O)ON1C(=O)CCC1=O.COC(=O)ON1C(=O)CCC1=O.COC(=O)Oc1cc(Cl)c(C)cc1Cl.COC(=O)Oc1ccc(C)cc1.COC(=O)On1nnc2ccccc21.COC(=O)n1cccc1.COS(=O)(=O)CC(F)(F)F.COc1nc(Cl)nc(Cl)n1. The smallest absolute Gasteiger partial charge is 0.469 e. The average Bonchev–Trinajstić information content (AvgIpc) is 1.45. The third kappa shape index (κ3) is 37.4. The first kappa shape index (κ1) is 94.4.